The Morgan fingerprint density at radius 1 is 1.04 bits per heavy atom. The van der Waals surface area contributed by atoms with Gasteiger partial charge in [0.15, 0.2) is 0 Å². The Hall–Kier alpha value is -3.88. The van der Waals surface area contributed by atoms with Gasteiger partial charge in [-0.05, 0) is 6.07 Å². The minimum Gasteiger partial charge on any atom is -0.343 e. The molecule has 0 fully saturated rings. The van der Waals surface area contributed by atoms with E-state index in [9.17, 15) is 4.79 Å². The van der Waals surface area contributed by atoms with Crippen molar-refractivity contribution in [2.75, 3.05) is 0 Å². The Kier molecular flexibility index (Phi) is 4.17. The highest BCUT2D eigenvalue weighted by atomic mass is 16.1. The molecule has 3 N–H and O–H groups in total. The Morgan fingerprint density at radius 2 is 1.92 bits per heavy atom. The summed E-state index contributed by atoms with van der Waals surface area (Å²) in [7, 11) is 0. The number of H-pyrrole nitrogens is 2. The highest BCUT2D eigenvalue weighted by molar-refractivity contribution is 5.93. The van der Waals surface area contributed by atoms with E-state index in [-0.39, 0.29) is 12.5 Å². The van der Waals surface area contributed by atoms with Crippen LogP contribution in [-0.2, 0) is 6.54 Å². The molecule has 9 nitrogen and oxygen atoms in total. The number of nitrogens with zero attached hydrogens (tertiary/aromatic N) is 5. The van der Waals surface area contributed by atoms with E-state index in [0.29, 0.717) is 28.7 Å². The number of carbonyl (C=O) groups is 1. The van der Waals surface area contributed by atoms with E-state index in [2.05, 4.69) is 40.7 Å². The minimum absolute atomic E-state index is 0.200. The van der Waals surface area contributed by atoms with E-state index in [1.807, 2.05) is 30.3 Å². The number of hydrogen-bond acceptors (Lipinski definition) is 6. The van der Waals surface area contributed by atoms with Gasteiger partial charge in [0.25, 0.3) is 5.91 Å². The van der Waals surface area contributed by atoms with Crippen LogP contribution in [0.1, 0.15) is 16.3 Å². The Morgan fingerprint density at radius 3 is 2.73 bits per heavy atom. The highest BCUT2D eigenvalue weighted by Crippen LogP contribution is 2.16. The summed E-state index contributed by atoms with van der Waals surface area (Å²) in [6, 6.07) is 11.3. The molecule has 4 aromatic rings. The van der Waals surface area contributed by atoms with Crippen molar-refractivity contribution in [3.8, 4) is 22.8 Å². The molecule has 0 saturated carbocycles. The number of rotatable bonds is 5. The predicted molar refractivity (Wildman–Crippen MR) is 92.6 cm³/mol. The summed E-state index contributed by atoms with van der Waals surface area (Å²) in [6.07, 6.45) is 4.71. The molecule has 0 radical (unpaired) electrons. The van der Waals surface area contributed by atoms with Gasteiger partial charge in [-0.3, -0.25) is 20.0 Å². The van der Waals surface area contributed by atoms with Crippen LogP contribution in [0.2, 0.25) is 0 Å². The summed E-state index contributed by atoms with van der Waals surface area (Å²) in [5.74, 6) is 0.661. The maximum atomic E-state index is 12.3. The molecule has 9 heteroatoms. The second kappa shape index (κ2) is 6.93. The molecule has 3 heterocycles. The summed E-state index contributed by atoms with van der Waals surface area (Å²) < 4.78 is 0. The fourth-order valence-electron chi connectivity index (χ4n) is 2.36. The van der Waals surface area contributed by atoms with Gasteiger partial charge in [-0.2, -0.15) is 10.2 Å². The van der Waals surface area contributed by atoms with Crippen LogP contribution in [0, 0.1) is 0 Å². The minimum atomic E-state index is -0.280. The van der Waals surface area contributed by atoms with Gasteiger partial charge in [0, 0.05) is 18.0 Å². The zero-order chi connectivity index (χ0) is 17.8. The van der Waals surface area contributed by atoms with Crippen molar-refractivity contribution in [3.63, 3.8) is 0 Å². The van der Waals surface area contributed by atoms with Crippen molar-refractivity contribution >= 4 is 5.91 Å². The van der Waals surface area contributed by atoms with Gasteiger partial charge in [-0.1, -0.05) is 30.3 Å². The lowest BCUT2D eigenvalue weighted by Crippen LogP contribution is -2.23. The summed E-state index contributed by atoms with van der Waals surface area (Å²) in [5.41, 5.74) is 2.58. The topological polar surface area (TPSA) is 125 Å². The molecule has 0 atom stereocenters. The van der Waals surface area contributed by atoms with Crippen molar-refractivity contribution in [2.45, 2.75) is 6.54 Å². The molecule has 0 aliphatic rings. The van der Waals surface area contributed by atoms with E-state index in [1.54, 1.807) is 24.7 Å². The second-order valence-corrected chi connectivity index (χ2v) is 5.41. The molecule has 0 spiro atoms. The molecule has 0 saturated heterocycles. The van der Waals surface area contributed by atoms with Crippen molar-refractivity contribution < 1.29 is 4.79 Å². The molecule has 1 amide bonds. The third-order valence-corrected chi connectivity index (χ3v) is 3.63. The maximum Gasteiger partial charge on any atom is 0.269 e. The van der Waals surface area contributed by atoms with Crippen LogP contribution in [0.15, 0.2) is 55.0 Å². The third-order valence-electron chi connectivity index (χ3n) is 3.63. The van der Waals surface area contributed by atoms with E-state index in [1.165, 1.54) is 0 Å². The molecule has 0 bridgehead atoms. The monoisotopic (exact) mass is 346 g/mol. The largest absolute Gasteiger partial charge is 0.343 e. The molecular formula is C17H14N8O. The van der Waals surface area contributed by atoms with Crippen LogP contribution in [0.3, 0.4) is 0 Å². The lowest BCUT2D eigenvalue weighted by molar-refractivity contribution is 0.0945. The van der Waals surface area contributed by atoms with E-state index < -0.39 is 0 Å². The van der Waals surface area contributed by atoms with Gasteiger partial charge in [0.1, 0.15) is 17.2 Å². The van der Waals surface area contributed by atoms with E-state index in [4.69, 9.17) is 0 Å². The van der Waals surface area contributed by atoms with Gasteiger partial charge < -0.3 is 5.32 Å². The number of nitrogens with one attached hydrogen (secondary N) is 3. The normalized spacial score (nSPS) is 10.6. The molecular weight excluding hydrogens is 332 g/mol. The van der Waals surface area contributed by atoms with Gasteiger partial charge in [0.2, 0.25) is 5.82 Å². The van der Waals surface area contributed by atoms with Gasteiger partial charge in [0.05, 0.1) is 18.4 Å². The van der Waals surface area contributed by atoms with Gasteiger partial charge in [-0.15, -0.1) is 0 Å². The second-order valence-electron chi connectivity index (χ2n) is 5.41. The predicted octanol–water partition coefficient (Wildman–Crippen LogP) is 1.58. The highest BCUT2D eigenvalue weighted by Gasteiger charge is 2.12. The molecule has 4 rings (SSSR count). The summed E-state index contributed by atoms with van der Waals surface area (Å²) in [5, 5.41) is 16.5. The maximum absolute atomic E-state index is 12.3. The van der Waals surface area contributed by atoms with Crippen molar-refractivity contribution in [1.29, 1.82) is 0 Å². The van der Waals surface area contributed by atoms with Gasteiger partial charge >= 0.3 is 0 Å². The van der Waals surface area contributed by atoms with Gasteiger partial charge in [-0.25, -0.2) is 9.97 Å². The SMILES string of the molecule is O=C(NCc1nc(-c2cnccn2)n[nH]1)c1cc(-c2ccccc2)n[nH]1. The third kappa shape index (κ3) is 3.31. The van der Waals surface area contributed by atoms with Crippen LogP contribution < -0.4 is 5.32 Å². The molecule has 1 aromatic carbocycles. The molecule has 128 valence electrons. The van der Waals surface area contributed by atoms with Crippen LogP contribution >= 0.6 is 0 Å². The van der Waals surface area contributed by atoms with Crippen LogP contribution in [0.5, 0.6) is 0 Å². The van der Waals surface area contributed by atoms with Crippen molar-refractivity contribution in [1.82, 2.24) is 40.7 Å². The summed E-state index contributed by atoms with van der Waals surface area (Å²) in [4.78, 5) is 24.7. The first-order valence-electron chi connectivity index (χ1n) is 7.86. The number of amides is 1. The Bertz CT molecular complexity index is 1010. The van der Waals surface area contributed by atoms with Crippen LogP contribution in [0.25, 0.3) is 22.8 Å². The fraction of sp³-hybridized carbons (Fsp3) is 0.0588. The van der Waals surface area contributed by atoms with E-state index in [0.717, 1.165) is 5.56 Å². The molecule has 0 aliphatic heterocycles. The first-order chi connectivity index (χ1) is 12.8. The summed E-state index contributed by atoms with van der Waals surface area (Å²) in [6.45, 7) is 0.200. The van der Waals surface area contributed by atoms with Crippen LogP contribution in [0.4, 0.5) is 0 Å². The number of aromatic nitrogens is 7. The Balaban J connectivity index is 1.40. The smallest absolute Gasteiger partial charge is 0.269 e. The molecule has 3 aromatic heterocycles. The average molecular weight is 346 g/mol. The molecule has 26 heavy (non-hydrogen) atoms. The molecule has 0 aliphatic carbocycles. The lowest BCUT2D eigenvalue weighted by atomic mass is 10.1. The average Bonchev–Trinajstić information content (AvgIpc) is 3.37. The Labute approximate surface area is 147 Å². The number of hydrogen-bond donors (Lipinski definition) is 3. The zero-order valence-electron chi connectivity index (χ0n) is 13.5. The number of carbonyl (C=O) groups excluding carboxylic acids is 1. The molecule has 0 unspecified atom stereocenters. The standard InChI is InChI=1S/C17H14N8O/c26-17(13-8-12(22-23-13)11-4-2-1-3-5-11)20-10-15-21-16(25-24-15)14-9-18-6-7-19-14/h1-9H,10H2,(H,20,26)(H,22,23)(H,21,24,25). The lowest BCUT2D eigenvalue weighted by Gasteiger charge is -1.99. The number of aromatic amines is 2. The first kappa shape index (κ1) is 15.6. The van der Waals surface area contributed by atoms with Crippen molar-refractivity contribution in [2.24, 2.45) is 0 Å². The van der Waals surface area contributed by atoms with Crippen LogP contribution in [-0.4, -0.2) is 41.3 Å². The fourth-order valence-corrected chi connectivity index (χ4v) is 2.36. The van der Waals surface area contributed by atoms with Crippen molar-refractivity contribution in [3.05, 3.63) is 66.5 Å². The summed E-state index contributed by atoms with van der Waals surface area (Å²) >= 11 is 0. The quantitative estimate of drug-likeness (QED) is 0.504. The van der Waals surface area contributed by atoms with E-state index >= 15 is 0 Å². The first-order valence-corrected chi connectivity index (χ1v) is 7.86. The number of benzene rings is 1. The zero-order valence-corrected chi connectivity index (χ0v) is 13.5.